The minimum Gasteiger partial charge on any atom is -0.307 e. The Hall–Kier alpha value is -0.380. The monoisotopic (exact) mass is 310 g/mol. The topological polar surface area (TPSA) is 15.3 Å². The molecule has 100 valence electrons. The van der Waals surface area contributed by atoms with Crippen LogP contribution in [0.4, 0.5) is 0 Å². The molecule has 1 aliphatic rings. The third-order valence-corrected chi connectivity index (χ3v) is 4.54. The molecule has 0 bridgehead atoms. The first-order valence-corrected chi connectivity index (χ1v) is 7.57. The fourth-order valence-corrected chi connectivity index (χ4v) is 3.08. The van der Waals surface area contributed by atoms with Gasteiger partial charge in [0.05, 0.1) is 0 Å². The van der Waals surface area contributed by atoms with Crippen LogP contribution in [-0.4, -0.2) is 30.6 Å². The molecule has 1 aromatic rings. The predicted octanol–water partition coefficient (Wildman–Crippen LogP) is 3.58. The van der Waals surface area contributed by atoms with Gasteiger partial charge in [0, 0.05) is 22.6 Å². The predicted molar refractivity (Wildman–Crippen MR) is 80.8 cm³/mol. The van der Waals surface area contributed by atoms with E-state index in [1.807, 2.05) is 0 Å². The van der Waals surface area contributed by atoms with Gasteiger partial charge >= 0.3 is 0 Å². The van der Waals surface area contributed by atoms with Gasteiger partial charge in [-0.3, -0.25) is 0 Å². The van der Waals surface area contributed by atoms with Crippen LogP contribution in [0, 0.1) is 0 Å². The van der Waals surface area contributed by atoms with Crippen molar-refractivity contribution in [2.24, 2.45) is 0 Å². The van der Waals surface area contributed by atoms with Crippen molar-refractivity contribution in [1.82, 2.24) is 10.2 Å². The zero-order chi connectivity index (χ0) is 13.1. The summed E-state index contributed by atoms with van der Waals surface area (Å²) >= 11 is 3.54. The second-order valence-corrected chi connectivity index (χ2v) is 6.41. The fourth-order valence-electron chi connectivity index (χ4n) is 2.67. The Morgan fingerprint density at radius 3 is 2.89 bits per heavy atom. The van der Waals surface area contributed by atoms with E-state index in [0.29, 0.717) is 18.1 Å². The van der Waals surface area contributed by atoms with Crippen LogP contribution in [0.3, 0.4) is 0 Å². The van der Waals surface area contributed by atoms with E-state index in [2.05, 4.69) is 71.3 Å². The molecule has 1 aliphatic heterocycles. The smallest absolute Gasteiger partial charge is 0.0294 e. The molecule has 3 atom stereocenters. The van der Waals surface area contributed by atoms with Crippen LogP contribution < -0.4 is 5.32 Å². The fraction of sp³-hybridized carbons (Fsp3) is 0.600. The molecule has 0 saturated carbocycles. The maximum atomic E-state index is 3.77. The van der Waals surface area contributed by atoms with Gasteiger partial charge in [0.25, 0.3) is 0 Å². The summed E-state index contributed by atoms with van der Waals surface area (Å²) in [5, 5.41) is 3.77. The van der Waals surface area contributed by atoms with Gasteiger partial charge in [0.15, 0.2) is 0 Å². The summed E-state index contributed by atoms with van der Waals surface area (Å²) in [4.78, 5) is 2.45. The standard InChI is InChI=1S/C15H23BrN2/c1-11-9-15(7-8-18(11)3)17-12(2)13-5-4-6-14(16)10-13/h4-6,10-12,15,17H,7-9H2,1-3H3/t11?,12-,15?/m1/s1. The first-order valence-electron chi connectivity index (χ1n) is 6.78. The Balaban J connectivity index is 1.93. The molecule has 0 radical (unpaired) electrons. The molecule has 2 unspecified atom stereocenters. The molecule has 18 heavy (non-hydrogen) atoms. The molecule has 0 aliphatic carbocycles. The van der Waals surface area contributed by atoms with E-state index < -0.39 is 0 Å². The van der Waals surface area contributed by atoms with Crippen LogP contribution >= 0.6 is 15.9 Å². The van der Waals surface area contributed by atoms with E-state index in [1.54, 1.807) is 0 Å². The van der Waals surface area contributed by atoms with Crippen molar-refractivity contribution in [2.75, 3.05) is 13.6 Å². The summed E-state index contributed by atoms with van der Waals surface area (Å²) in [5.41, 5.74) is 1.36. The lowest BCUT2D eigenvalue weighted by molar-refractivity contribution is 0.163. The largest absolute Gasteiger partial charge is 0.307 e. The van der Waals surface area contributed by atoms with Crippen LogP contribution in [0.1, 0.15) is 38.3 Å². The highest BCUT2D eigenvalue weighted by molar-refractivity contribution is 9.10. The maximum absolute atomic E-state index is 3.77. The zero-order valence-corrected chi connectivity index (χ0v) is 13.1. The summed E-state index contributed by atoms with van der Waals surface area (Å²) in [5.74, 6) is 0. The number of halogens is 1. The first-order chi connectivity index (χ1) is 8.56. The third kappa shape index (κ3) is 3.56. The molecule has 1 N–H and O–H groups in total. The van der Waals surface area contributed by atoms with Gasteiger partial charge in [-0.05, 0) is 58.0 Å². The molecule has 1 aromatic carbocycles. The van der Waals surface area contributed by atoms with Crippen molar-refractivity contribution >= 4 is 15.9 Å². The van der Waals surface area contributed by atoms with Crippen LogP contribution in [0.2, 0.25) is 0 Å². The average molecular weight is 311 g/mol. The van der Waals surface area contributed by atoms with Crippen molar-refractivity contribution < 1.29 is 0 Å². The number of hydrogen-bond acceptors (Lipinski definition) is 2. The lowest BCUT2D eigenvalue weighted by atomic mass is 9.97. The molecule has 0 aromatic heterocycles. The Morgan fingerprint density at radius 1 is 1.44 bits per heavy atom. The molecule has 1 fully saturated rings. The third-order valence-electron chi connectivity index (χ3n) is 4.04. The molecule has 2 nitrogen and oxygen atoms in total. The van der Waals surface area contributed by atoms with E-state index in [-0.39, 0.29) is 0 Å². The van der Waals surface area contributed by atoms with Crippen LogP contribution in [-0.2, 0) is 0 Å². The Kier molecular flexibility index (Phi) is 4.82. The van der Waals surface area contributed by atoms with Gasteiger partial charge in [0.2, 0.25) is 0 Å². The highest BCUT2D eigenvalue weighted by Gasteiger charge is 2.23. The average Bonchev–Trinajstić information content (AvgIpc) is 2.34. The van der Waals surface area contributed by atoms with Gasteiger partial charge in [-0.2, -0.15) is 0 Å². The highest BCUT2D eigenvalue weighted by Crippen LogP contribution is 2.22. The second kappa shape index (κ2) is 6.18. The summed E-state index contributed by atoms with van der Waals surface area (Å²) in [7, 11) is 2.22. The number of nitrogens with one attached hydrogen (secondary N) is 1. The minimum absolute atomic E-state index is 0.420. The lowest BCUT2D eigenvalue weighted by Gasteiger charge is -2.36. The Bertz CT molecular complexity index is 394. The molecule has 1 saturated heterocycles. The SMILES string of the molecule is CC1CC(N[C@H](C)c2cccc(Br)c2)CCN1C. The summed E-state index contributed by atoms with van der Waals surface area (Å²) in [6.45, 7) is 5.77. The molecule has 0 spiro atoms. The van der Waals surface area contributed by atoms with E-state index in [4.69, 9.17) is 0 Å². The van der Waals surface area contributed by atoms with Crippen molar-refractivity contribution in [3.8, 4) is 0 Å². The van der Waals surface area contributed by atoms with Crippen LogP contribution in [0.15, 0.2) is 28.7 Å². The first kappa shape index (κ1) is 14.0. The van der Waals surface area contributed by atoms with Crippen molar-refractivity contribution in [1.29, 1.82) is 0 Å². The maximum Gasteiger partial charge on any atom is 0.0294 e. The van der Waals surface area contributed by atoms with Gasteiger partial charge in [-0.1, -0.05) is 28.1 Å². The molecular formula is C15H23BrN2. The van der Waals surface area contributed by atoms with Gasteiger partial charge in [-0.15, -0.1) is 0 Å². The van der Waals surface area contributed by atoms with Gasteiger partial charge < -0.3 is 10.2 Å². The normalized spacial score (nSPS) is 27.1. The quantitative estimate of drug-likeness (QED) is 0.918. The summed E-state index contributed by atoms with van der Waals surface area (Å²) in [6, 6.07) is 10.3. The van der Waals surface area contributed by atoms with Gasteiger partial charge in [0.1, 0.15) is 0 Å². The Morgan fingerprint density at radius 2 is 2.22 bits per heavy atom. The van der Waals surface area contributed by atoms with E-state index in [1.165, 1.54) is 24.9 Å². The molecule has 0 amide bonds. The molecule has 1 heterocycles. The number of hydrogen-bond donors (Lipinski definition) is 1. The number of piperidine rings is 1. The highest BCUT2D eigenvalue weighted by atomic mass is 79.9. The van der Waals surface area contributed by atoms with E-state index in [0.717, 1.165) is 4.47 Å². The van der Waals surface area contributed by atoms with Gasteiger partial charge in [-0.25, -0.2) is 0 Å². The van der Waals surface area contributed by atoms with E-state index >= 15 is 0 Å². The van der Waals surface area contributed by atoms with Crippen molar-refractivity contribution in [3.63, 3.8) is 0 Å². The lowest BCUT2D eigenvalue weighted by Crippen LogP contribution is -2.46. The number of nitrogens with zero attached hydrogens (tertiary/aromatic N) is 1. The summed E-state index contributed by atoms with van der Waals surface area (Å²) in [6.07, 6.45) is 2.49. The number of likely N-dealkylation sites (tertiary alicyclic amines) is 1. The van der Waals surface area contributed by atoms with Crippen molar-refractivity contribution in [2.45, 2.75) is 44.8 Å². The zero-order valence-electron chi connectivity index (χ0n) is 11.5. The summed E-state index contributed by atoms with van der Waals surface area (Å²) < 4.78 is 1.16. The van der Waals surface area contributed by atoms with Crippen LogP contribution in [0.25, 0.3) is 0 Å². The van der Waals surface area contributed by atoms with Crippen molar-refractivity contribution in [3.05, 3.63) is 34.3 Å². The van der Waals surface area contributed by atoms with E-state index in [9.17, 15) is 0 Å². The van der Waals surface area contributed by atoms with Crippen LogP contribution in [0.5, 0.6) is 0 Å². The second-order valence-electron chi connectivity index (χ2n) is 5.49. The minimum atomic E-state index is 0.420. The molecular weight excluding hydrogens is 288 g/mol. The molecule has 2 rings (SSSR count). The number of rotatable bonds is 3. The Labute approximate surface area is 119 Å². The number of benzene rings is 1. The molecule has 3 heteroatoms.